The average molecular weight is 255 g/mol. The number of carbonyl (C=O) groups excluding carboxylic acids is 2. The van der Waals surface area contributed by atoms with E-state index < -0.39 is 17.9 Å². The molecule has 2 fully saturated rings. The number of nitrogens with one attached hydrogen (secondary N) is 2. The summed E-state index contributed by atoms with van der Waals surface area (Å²) in [7, 11) is 0. The standard InChI is InChI=1S/C11H17N3O4/c1-6-4-7(6)13-11(18)14-3-2-12-10(17)8(14)5-9(15)16/h6-8H,2-5H2,1H3,(H,12,17)(H,13,18)(H,15,16). The molecule has 1 saturated heterocycles. The van der Waals surface area contributed by atoms with E-state index in [4.69, 9.17) is 5.11 Å². The van der Waals surface area contributed by atoms with Crippen molar-refractivity contribution in [2.45, 2.75) is 31.8 Å². The van der Waals surface area contributed by atoms with Crippen molar-refractivity contribution in [2.75, 3.05) is 13.1 Å². The monoisotopic (exact) mass is 255 g/mol. The second-order valence-corrected chi connectivity index (χ2v) is 4.87. The molecule has 100 valence electrons. The summed E-state index contributed by atoms with van der Waals surface area (Å²) in [5.74, 6) is -1.03. The van der Waals surface area contributed by atoms with Crippen LogP contribution in [0.1, 0.15) is 19.8 Å². The van der Waals surface area contributed by atoms with Gasteiger partial charge in [0.2, 0.25) is 5.91 Å². The van der Waals surface area contributed by atoms with Crippen LogP contribution in [-0.4, -0.2) is 53.1 Å². The molecule has 0 bridgehead atoms. The zero-order valence-electron chi connectivity index (χ0n) is 10.2. The Morgan fingerprint density at radius 1 is 1.56 bits per heavy atom. The number of carbonyl (C=O) groups is 3. The quantitative estimate of drug-likeness (QED) is 0.626. The molecule has 0 aromatic carbocycles. The van der Waals surface area contributed by atoms with Crippen LogP contribution < -0.4 is 10.6 Å². The van der Waals surface area contributed by atoms with Gasteiger partial charge in [-0.3, -0.25) is 9.59 Å². The molecule has 1 aliphatic heterocycles. The van der Waals surface area contributed by atoms with E-state index in [1.165, 1.54) is 4.90 Å². The molecule has 1 saturated carbocycles. The lowest BCUT2D eigenvalue weighted by Gasteiger charge is -2.34. The Balaban J connectivity index is 2.00. The summed E-state index contributed by atoms with van der Waals surface area (Å²) in [6.07, 6.45) is 0.578. The smallest absolute Gasteiger partial charge is 0.318 e. The average Bonchev–Trinajstić information content (AvgIpc) is 2.96. The van der Waals surface area contributed by atoms with Crippen LogP contribution in [0, 0.1) is 5.92 Å². The fourth-order valence-corrected chi connectivity index (χ4v) is 2.09. The Kier molecular flexibility index (Phi) is 3.40. The van der Waals surface area contributed by atoms with E-state index >= 15 is 0 Å². The fraction of sp³-hybridized carbons (Fsp3) is 0.727. The molecule has 0 aromatic rings. The van der Waals surface area contributed by atoms with Gasteiger partial charge in [0.25, 0.3) is 0 Å². The Bertz CT molecular complexity index is 384. The zero-order valence-corrected chi connectivity index (χ0v) is 10.2. The molecule has 1 heterocycles. The van der Waals surface area contributed by atoms with Gasteiger partial charge in [0.1, 0.15) is 6.04 Å². The van der Waals surface area contributed by atoms with Gasteiger partial charge in [0.05, 0.1) is 6.42 Å². The molecule has 0 radical (unpaired) electrons. The molecule has 0 spiro atoms. The van der Waals surface area contributed by atoms with E-state index in [-0.39, 0.29) is 18.5 Å². The molecule has 3 unspecified atom stereocenters. The van der Waals surface area contributed by atoms with Crippen LogP contribution in [0.15, 0.2) is 0 Å². The number of hydrogen-bond donors (Lipinski definition) is 3. The van der Waals surface area contributed by atoms with Gasteiger partial charge < -0.3 is 20.6 Å². The van der Waals surface area contributed by atoms with Crippen molar-refractivity contribution < 1.29 is 19.5 Å². The molecule has 7 nitrogen and oxygen atoms in total. The number of hydrogen-bond acceptors (Lipinski definition) is 3. The maximum Gasteiger partial charge on any atom is 0.318 e. The summed E-state index contributed by atoms with van der Waals surface area (Å²) in [5, 5.41) is 14.2. The van der Waals surface area contributed by atoms with Crippen LogP contribution in [0.5, 0.6) is 0 Å². The van der Waals surface area contributed by atoms with E-state index in [9.17, 15) is 14.4 Å². The first kappa shape index (κ1) is 12.7. The predicted octanol–water partition coefficient (Wildman–Crippen LogP) is -0.620. The Hall–Kier alpha value is -1.79. The van der Waals surface area contributed by atoms with Gasteiger partial charge in [-0.15, -0.1) is 0 Å². The lowest BCUT2D eigenvalue weighted by Crippen LogP contribution is -2.60. The van der Waals surface area contributed by atoms with Crippen LogP contribution >= 0.6 is 0 Å². The minimum atomic E-state index is -1.09. The second-order valence-electron chi connectivity index (χ2n) is 4.87. The Morgan fingerprint density at radius 3 is 2.78 bits per heavy atom. The Morgan fingerprint density at radius 2 is 2.22 bits per heavy atom. The van der Waals surface area contributed by atoms with Gasteiger partial charge in [-0.2, -0.15) is 0 Å². The van der Waals surface area contributed by atoms with E-state index in [0.717, 1.165) is 6.42 Å². The fourth-order valence-electron chi connectivity index (χ4n) is 2.09. The lowest BCUT2D eigenvalue weighted by molar-refractivity contribution is -0.142. The molecule has 3 N–H and O–H groups in total. The minimum Gasteiger partial charge on any atom is -0.481 e. The van der Waals surface area contributed by atoms with E-state index in [2.05, 4.69) is 10.6 Å². The van der Waals surface area contributed by atoms with E-state index in [1.54, 1.807) is 0 Å². The van der Waals surface area contributed by atoms with Gasteiger partial charge >= 0.3 is 12.0 Å². The number of aliphatic carboxylic acids is 1. The molecule has 3 atom stereocenters. The summed E-state index contributed by atoms with van der Waals surface area (Å²) >= 11 is 0. The first-order valence-corrected chi connectivity index (χ1v) is 6.05. The number of carboxylic acid groups (broad SMARTS) is 1. The molecule has 0 aromatic heterocycles. The highest BCUT2D eigenvalue weighted by Crippen LogP contribution is 2.29. The molecule has 18 heavy (non-hydrogen) atoms. The summed E-state index contributed by atoms with van der Waals surface area (Å²) in [5.41, 5.74) is 0. The lowest BCUT2D eigenvalue weighted by atomic mass is 10.1. The van der Waals surface area contributed by atoms with Crippen molar-refractivity contribution in [3.05, 3.63) is 0 Å². The third kappa shape index (κ3) is 2.72. The zero-order chi connectivity index (χ0) is 13.3. The van der Waals surface area contributed by atoms with Gasteiger partial charge in [-0.1, -0.05) is 6.92 Å². The number of piperazine rings is 1. The maximum atomic E-state index is 12.0. The van der Waals surface area contributed by atoms with E-state index in [0.29, 0.717) is 19.0 Å². The van der Waals surface area contributed by atoms with Crippen molar-refractivity contribution in [3.8, 4) is 0 Å². The highest BCUT2D eigenvalue weighted by Gasteiger charge is 2.39. The highest BCUT2D eigenvalue weighted by atomic mass is 16.4. The van der Waals surface area contributed by atoms with Crippen molar-refractivity contribution in [3.63, 3.8) is 0 Å². The molecule has 7 heteroatoms. The third-order valence-electron chi connectivity index (χ3n) is 3.38. The summed E-state index contributed by atoms with van der Waals surface area (Å²) in [6, 6.07) is -1.09. The van der Waals surface area contributed by atoms with Gasteiger partial charge in [0, 0.05) is 19.1 Å². The number of carboxylic acids is 1. The maximum absolute atomic E-state index is 12.0. The first-order valence-electron chi connectivity index (χ1n) is 6.05. The molecule has 2 aliphatic rings. The van der Waals surface area contributed by atoms with E-state index in [1.807, 2.05) is 6.92 Å². The SMILES string of the molecule is CC1CC1NC(=O)N1CCNC(=O)C1CC(=O)O. The van der Waals surface area contributed by atoms with Crippen molar-refractivity contribution >= 4 is 17.9 Å². The van der Waals surface area contributed by atoms with Crippen molar-refractivity contribution in [1.82, 2.24) is 15.5 Å². The summed E-state index contributed by atoms with van der Waals surface area (Å²) in [4.78, 5) is 35.6. The number of urea groups is 1. The van der Waals surface area contributed by atoms with Crippen LogP contribution in [-0.2, 0) is 9.59 Å². The topological polar surface area (TPSA) is 98.7 Å². The van der Waals surface area contributed by atoms with Gasteiger partial charge in [-0.25, -0.2) is 4.79 Å². The number of rotatable bonds is 3. The Labute approximate surface area is 105 Å². The molecule has 3 amide bonds. The van der Waals surface area contributed by atoms with Crippen LogP contribution in [0.4, 0.5) is 4.79 Å². The van der Waals surface area contributed by atoms with Crippen LogP contribution in [0.2, 0.25) is 0 Å². The van der Waals surface area contributed by atoms with Crippen molar-refractivity contribution in [2.24, 2.45) is 5.92 Å². The van der Waals surface area contributed by atoms with Crippen LogP contribution in [0.25, 0.3) is 0 Å². The molecule has 2 rings (SSSR count). The van der Waals surface area contributed by atoms with Crippen molar-refractivity contribution in [1.29, 1.82) is 0 Å². The third-order valence-corrected chi connectivity index (χ3v) is 3.38. The molecule has 1 aliphatic carbocycles. The number of nitrogens with zero attached hydrogens (tertiary/aromatic N) is 1. The first-order chi connectivity index (χ1) is 8.49. The minimum absolute atomic E-state index is 0.160. The molecular formula is C11H17N3O4. The second kappa shape index (κ2) is 4.83. The summed E-state index contributed by atoms with van der Waals surface area (Å²) in [6.45, 7) is 2.74. The van der Waals surface area contributed by atoms with Gasteiger partial charge in [0.15, 0.2) is 0 Å². The normalized spacial score (nSPS) is 30.6. The predicted molar refractivity (Wildman–Crippen MR) is 61.9 cm³/mol. The largest absolute Gasteiger partial charge is 0.481 e. The summed E-state index contributed by atoms with van der Waals surface area (Å²) < 4.78 is 0. The van der Waals surface area contributed by atoms with Crippen LogP contribution in [0.3, 0.4) is 0 Å². The van der Waals surface area contributed by atoms with Gasteiger partial charge in [-0.05, 0) is 12.3 Å². The molecular weight excluding hydrogens is 238 g/mol. The number of amides is 3. The highest BCUT2D eigenvalue weighted by molar-refractivity contribution is 5.91.